The molecule has 2 atom stereocenters. The Labute approximate surface area is 415 Å². The molecule has 2 unspecified atom stereocenters. The van der Waals surface area contributed by atoms with Crippen molar-refractivity contribution in [1.82, 2.24) is 62.5 Å². The minimum absolute atomic E-state index is 0. The normalized spacial score (nSPS) is 17.4. The molecule has 6 rings (SSSR count). The molecule has 0 amide bonds. The number of thiocarbonyl (C=S) groups is 2. The number of nitrogens with zero attached hydrogens (tertiary/aromatic N) is 4. The molecule has 2 heterocycles. The van der Waals surface area contributed by atoms with Gasteiger partial charge < -0.3 is 0 Å². The first-order valence-electron chi connectivity index (χ1n) is 19.5. The molecule has 8 N–H and O–H groups in total. The molecule has 2 fully saturated rings. The van der Waals surface area contributed by atoms with Crippen LogP contribution in [0.15, 0.2) is 121 Å². The van der Waals surface area contributed by atoms with Gasteiger partial charge in [0.1, 0.15) is 0 Å². The van der Waals surface area contributed by atoms with Crippen molar-refractivity contribution < 1.29 is 22.4 Å². The van der Waals surface area contributed by atoms with Crippen molar-refractivity contribution in [1.29, 1.82) is 0 Å². The molecule has 21 heteroatoms. The molecule has 61 heavy (non-hydrogen) atoms. The summed E-state index contributed by atoms with van der Waals surface area (Å²) in [5.41, 5.74) is 8.68. The van der Waals surface area contributed by atoms with Crippen molar-refractivity contribution >= 4 is 123 Å². The van der Waals surface area contributed by atoms with Gasteiger partial charge in [-0.3, -0.25) is 0 Å². The summed E-state index contributed by atoms with van der Waals surface area (Å²) < 4.78 is 0. The molecule has 2 saturated heterocycles. The van der Waals surface area contributed by atoms with Crippen LogP contribution in [0.3, 0.4) is 0 Å². The molecule has 0 spiro atoms. The summed E-state index contributed by atoms with van der Waals surface area (Å²) in [7, 11) is 3.91. The fraction of sp³-hybridized carbons (Fsp3) is 0.300. The van der Waals surface area contributed by atoms with Gasteiger partial charge in [-0.2, -0.15) is 0 Å². The Bertz CT molecular complexity index is 1780. The number of benzene rings is 4. The summed E-state index contributed by atoms with van der Waals surface area (Å²) in [6.45, 7) is 7.48. The van der Waals surface area contributed by atoms with E-state index in [0.29, 0.717) is 10.2 Å². The van der Waals surface area contributed by atoms with Crippen LogP contribution in [0.5, 0.6) is 0 Å². The molecule has 12 nitrogen and oxygen atoms in total. The van der Waals surface area contributed by atoms with Gasteiger partial charge in [0, 0.05) is 36.5 Å². The topological polar surface area (TPSA) is 109 Å². The zero-order chi connectivity index (χ0) is 42.8. The fourth-order valence-corrected chi connectivity index (χ4v) is 14.9. The van der Waals surface area contributed by atoms with Crippen LogP contribution in [0.25, 0.3) is 0 Å². The van der Waals surface area contributed by atoms with E-state index in [2.05, 4.69) is 180 Å². The van der Waals surface area contributed by atoms with Crippen LogP contribution in [0.4, 0.5) is 0 Å². The van der Waals surface area contributed by atoms with Gasteiger partial charge in [-0.15, -0.1) is 0 Å². The zero-order valence-corrected chi connectivity index (χ0v) is 44.6. The molecule has 333 valence electrons. The van der Waals surface area contributed by atoms with Gasteiger partial charge in [0.15, 0.2) is 0 Å². The molecule has 0 aromatic heterocycles. The van der Waals surface area contributed by atoms with Crippen molar-refractivity contribution in [3.8, 4) is 0 Å². The molecule has 4 aromatic rings. The third-order valence-corrected chi connectivity index (χ3v) is 21.9. The van der Waals surface area contributed by atoms with Crippen LogP contribution in [0.1, 0.15) is 25.7 Å². The van der Waals surface area contributed by atoms with Gasteiger partial charge in [-0.1, -0.05) is 0 Å². The number of hydrogen-bond acceptors (Lipinski definition) is 12. The summed E-state index contributed by atoms with van der Waals surface area (Å²) in [5, 5.41) is 23.4. The second-order valence-electron chi connectivity index (χ2n) is 13.9. The maximum absolute atomic E-state index is 5.48. The van der Waals surface area contributed by atoms with E-state index in [1.807, 2.05) is 61.7 Å². The summed E-state index contributed by atoms with van der Waals surface area (Å²) in [5.74, 6) is 0. The third kappa shape index (κ3) is 16.9. The molecule has 2 aliphatic heterocycles. The SMILES string of the molecule is CN1[CH]N(CCCCNC(=S)NNP(=[Se])(c2ccccc2)c2ccccc2)C([S-])N1.CN1[CH]N(CCCCNC(=S)NNP(=[Se])(c2ccccc2)c2ccccc2)C([S-])N1.[Au]. The maximum atomic E-state index is 5.48. The number of hydrazine groups is 4. The average Bonchev–Trinajstić information content (AvgIpc) is 3.78. The van der Waals surface area contributed by atoms with E-state index in [0.717, 1.165) is 51.9 Å². The minimum atomic E-state index is -1.95. The van der Waals surface area contributed by atoms with E-state index in [4.69, 9.17) is 49.7 Å². The monoisotopic (exact) mass is 1250 g/mol. The van der Waals surface area contributed by atoms with Crippen molar-refractivity contribution in [2.45, 2.75) is 36.7 Å². The van der Waals surface area contributed by atoms with Crippen LogP contribution < -0.4 is 63.9 Å². The Kier molecular flexibility index (Phi) is 24.0. The van der Waals surface area contributed by atoms with Gasteiger partial charge in [0.05, 0.1) is 0 Å². The van der Waals surface area contributed by atoms with Crippen molar-refractivity contribution in [2.24, 2.45) is 0 Å². The van der Waals surface area contributed by atoms with E-state index in [9.17, 15) is 0 Å². The molecular formula is C40H54AuN12P2S4Se2-2. The fourth-order valence-electron chi connectivity index (χ4n) is 6.18. The van der Waals surface area contributed by atoms with Gasteiger partial charge >= 0.3 is 383 Å². The van der Waals surface area contributed by atoms with E-state index in [-0.39, 0.29) is 33.4 Å². The van der Waals surface area contributed by atoms with Gasteiger partial charge in [0.2, 0.25) is 0 Å². The van der Waals surface area contributed by atoms with Crippen molar-refractivity contribution in [3.63, 3.8) is 0 Å². The standard InChI is InChI=1S/2C20H28N6PS2Se.Au/c2*1-25-16-26(20(29)23-25)15-9-8-14-21-19(28)22-24-27(30,17-10-4-2-5-11-17)18-12-6-3-7-13-18;/h2*2-7,10-13,16,20,23,29H,8-9,14-15H2,1H3,(H,24,30)(H2,21,22,28);/p-2. The van der Waals surface area contributed by atoms with Crippen LogP contribution in [-0.4, -0.2) is 112 Å². The molecular weight excluding hydrogens is 1190 g/mol. The summed E-state index contributed by atoms with van der Waals surface area (Å²) in [6.07, 6.45) is 4.09. The zero-order valence-electron chi connectivity index (χ0n) is 33.9. The number of unbranched alkanes of at least 4 members (excludes halogenated alkanes) is 2. The van der Waals surface area contributed by atoms with Crippen molar-refractivity contribution in [2.75, 3.05) is 40.3 Å². The smallest absolute Gasteiger partial charge is 0 e. The molecule has 0 bridgehead atoms. The summed E-state index contributed by atoms with van der Waals surface area (Å²) in [6, 6.07) is 41.7. The second-order valence-corrected chi connectivity index (χ2v) is 27.4. The Hall–Kier alpha value is -0.721. The molecule has 2 aliphatic rings. The average molecular weight is 1250 g/mol. The molecule has 4 aromatic carbocycles. The van der Waals surface area contributed by atoms with Gasteiger partial charge in [-0.05, 0) is 0 Å². The minimum Gasteiger partial charge on any atom is 0 e. The predicted octanol–water partition coefficient (Wildman–Crippen LogP) is 2.21. The quantitative estimate of drug-likeness (QED) is 0.0186. The number of nitrogens with one attached hydrogen (secondary N) is 8. The van der Waals surface area contributed by atoms with E-state index in [1.54, 1.807) is 0 Å². The first-order valence-corrected chi connectivity index (χ1v) is 29.3. The Morgan fingerprint density at radius 3 is 1.11 bits per heavy atom. The third-order valence-electron chi connectivity index (χ3n) is 9.26. The molecule has 0 aliphatic carbocycles. The van der Waals surface area contributed by atoms with E-state index >= 15 is 0 Å². The Morgan fingerprint density at radius 2 is 0.852 bits per heavy atom. The summed E-state index contributed by atoms with van der Waals surface area (Å²) in [4.78, 5) is 4.25. The Morgan fingerprint density at radius 1 is 0.557 bits per heavy atom. The second kappa shape index (κ2) is 27.7. The Balaban J connectivity index is 0.000000264. The first-order chi connectivity index (χ1) is 29.0. The summed E-state index contributed by atoms with van der Waals surface area (Å²) >= 11 is 28.5. The molecule has 3 radical (unpaired) electrons. The molecule has 0 saturated carbocycles. The van der Waals surface area contributed by atoms with Crippen LogP contribution >= 0.6 is 35.8 Å². The van der Waals surface area contributed by atoms with E-state index < -0.39 is 11.3 Å². The number of hydrogen-bond donors (Lipinski definition) is 8. The van der Waals surface area contributed by atoms with Gasteiger partial charge in [-0.25, -0.2) is 0 Å². The van der Waals surface area contributed by atoms with Crippen LogP contribution in [-0.2, 0) is 47.6 Å². The van der Waals surface area contributed by atoms with Crippen LogP contribution in [0, 0.1) is 13.3 Å². The first kappa shape index (κ1) is 52.9. The van der Waals surface area contributed by atoms with Gasteiger partial charge in [0.25, 0.3) is 0 Å². The van der Waals surface area contributed by atoms with Crippen LogP contribution in [0.2, 0.25) is 0 Å². The predicted molar refractivity (Wildman–Crippen MR) is 268 cm³/mol. The van der Waals surface area contributed by atoms with E-state index in [1.165, 1.54) is 21.2 Å². The number of rotatable bonds is 18. The van der Waals surface area contributed by atoms with Crippen molar-refractivity contribution in [3.05, 3.63) is 135 Å².